The van der Waals surface area contributed by atoms with E-state index in [0.29, 0.717) is 24.8 Å². The number of nitrogens with zero attached hydrogens (tertiary/aromatic N) is 4. The zero-order chi connectivity index (χ0) is 64.8. The molecule has 0 bridgehead atoms. The second kappa shape index (κ2) is 34.0. The number of imide groups is 1. The zero-order valence-electron chi connectivity index (χ0n) is 52.4. The van der Waals surface area contributed by atoms with Crippen molar-refractivity contribution >= 4 is 82.3 Å². The number of ether oxygens (including phenoxy) is 2. The lowest BCUT2D eigenvalue weighted by Gasteiger charge is -2.38. The van der Waals surface area contributed by atoms with Crippen molar-refractivity contribution in [1.82, 2.24) is 46.3 Å². The highest BCUT2D eigenvalue weighted by molar-refractivity contribution is 7.09. The molecule has 0 aliphatic carbocycles. The van der Waals surface area contributed by atoms with E-state index in [1.165, 1.54) is 31.4 Å². The summed E-state index contributed by atoms with van der Waals surface area (Å²) in [5, 5.41) is 39.1. The number of carboxylic acids is 1. The van der Waals surface area contributed by atoms with Gasteiger partial charge in [0.15, 0.2) is 6.10 Å². The van der Waals surface area contributed by atoms with Crippen molar-refractivity contribution in [2.24, 2.45) is 17.8 Å². The Balaban J connectivity index is 1.71. The summed E-state index contributed by atoms with van der Waals surface area (Å²) >= 11 is 1.07. The van der Waals surface area contributed by atoms with Gasteiger partial charge in [0.05, 0.1) is 17.1 Å². The van der Waals surface area contributed by atoms with Gasteiger partial charge in [-0.3, -0.25) is 57.7 Å². The van der Waals surface area contributed by atoms with Crippen molar-refractivity contribution in [2.45, 2.75) is 188 Å². The number of benzene rings is 1. The number of esters is 1. The molecule has 3 rings (SSSR count). The van der Waals surface area contributed by atoms with Crippen LogP contribution in [0.3, 0.4) is 0 Å². The molecule has 8 N–H and O–H groups in total. The number of thiazole rings is 1. The molecule has 1 aromatic heterocycles. The summed E-state index contributed by atoms with van der Waals surface area (Å²) in [5.41, 5.74) is -1.09. The van der Waals surface area contributed by atoms with Crippen molar-refractivity contribution in [2.75, 3.05) is 46.1 Å². The summed E-state index contributed by atoms with van der Waals surface area (Å²) < 4.78 is 11.1. The van der Waals surface area contributed by atoms with Crippen LogP contribution in [0.1, 0.15) is 168 Å². The summed E-state index contributed by atoms with van der Waals surface area (Å²) in [6.45, 7) is 19.4. The van der Waals surface area contributed by atoms with E-state index in [-0.39, 0.29) is 117 Å². The molecule has 1 unspecified atom stereocenters. The highest BCUT2D eigenvalue weighted by Gasteiger charge is 2.39. The lowest BCUT2D eigenvalue weighted by molar-refractivity contribution is -0.149. The van der Waals surface area contributed by atoms with Gasteiger partial charge in [0.2, 0.25) is 29.5 Å². The summed E-state index contributed by atoms with van der Waals surface area (Å²) in [6, 6.07) is 1.23. The van der Waals surface area contributed by atoms with Gasteiger partial charge in [0, 0.05) is 82.5 Å². The third-order valence-electron chi connectivity index (χ3n) is 14.9. The first kappa shape index (κ1) is 72.8. The predicted molar refractivity (Wildman–Crippen MR) is 322 cm³/mol. The maximum Gasteiger partial charge on any atom is 0.407 e. The fraction of sp³-hybridized carbons (Fsp3) is 0.633. The minimum atomic E-state index is -1.11. The number of carboxylic acid groups (broad SMARTS) is 1. The number of alkyl carbamates (subject to hydrolysis) is 1. The normalized spacial score (nSPS) is 15.0. The number of nitrogens with one attached hydrogen (secondary N) is 6. The SMILES string of the molecule is CC[C@H](C)[C@H](NC(=O)C(C)(C)N(C)C)C(=O)N(C)[C@H](C[C@@H](OC(C)=O)c1nc(C(=O)N[C@@H](Cc2ccc(O)c(NC(=O)CCCNC(=O)[C@H](CCCCNC(=O)OC(C)(C)C)NC(=O)CCCN3C(=O)C=CC3=O)c2)CC(C)C(=O)O)cs1)C(C)C. The van der Waals surface area contributed by atoms with E-state index in [4.69, 9.17) is 9.47 Å². The second-order valence-corrected chi connectivity index (χ2v) is 24.8. The number of hydrogen-bond acceptors (Lipinski definition) is 17. The Labute approximate surface area is 508 Å². The average molecular weight is 1230 g/mol. The fourth-order valence-corrected chi connectivity index (χ4v) is 9.90. The highest BCUT2D eigenvalue weighted by Crippen LogP contribution is 2.32. The number of hydrogen-bond donors (Lipinski definition) is 8. The molecule has 2 heterocycles. The predicted octanol–water partition coefficient (Wildman–Crippen LogP) is 5.37. The van der Waals surface area contributed by atoms with Crippen LogP contribution < -0.4 is 31.9 Å². The lowest BCUT2D eigenvalue weighted by atomic mass is 9.92. The first-order valence-electron chi connectivity index (χ1n) is 29.3. The Morgan fingerprint density at radius 2 is 1.45 bits per heavy atom. The fourth-order valence-electron chi connectivity index (χ4n) is 9.06. The summed E-state index contributed by atoms with van der Waals surface area (Å²) in [4.78, 5) is 151. The van der Waals surface area contributed by atoms with Crippen molar-refractivity contribution in [3.8, 4) is 5.75 Å². The molecule has 86 heavy (non-hydrogen) atoms. The van der Waals surface area contributed by atoms with Crippen molar-refractivity contribution in [3.05, 3.63) is 52.0 Å². The summed E-state index contributed by atoms with van der Waals surface area (Å²) in [7, 11) is 5.21. The number of rotatable bonds is 35. The van der Waals surface area contributed by atoms with Crippen molar-refractivity contribution in [1.29, 1.82) is 0 Å². The number of aromatic nitrogens is 1. The first-order chi connectivity index (χ1) is 40.1. The number of phenols is 1. The van der Waals surface area contributed by atoms with Crippen LogP contribution in [-0.4, -0.2) is 171 Å². The number of likely N-dealkylation sites (N-methyl/N-ethyl adjacent to an activating group) is 2. The zero-order valence-corrected chi connectivity index (χ0v) is 53.2. The average Bonchev–Trinajstić information content (AvgIpc) is 2.08. The molecular formula is C60H92N10O15S. The van der Waals surface area contributed by atoms with Crippen LogP contribution in [0.25, 0.3) is 0 Å². The number of anilines is 1. The largest absolute Gasteiger partial charge is 0.506 e. The first-order valence-corrected chi connectivity index (χ1v) is 30.1. The molecule has 0 spiro atoms. The van der Waals surface area contributed by atoms with Crippen LogP contribution in [0.2, 0.25) is 0 Å². The van der Waals surface area contributed by atoms with Gasteiger partial charge in [-0.25, -0.2) is 9.78 Å². The molecule has 25 nitrogen and oxygen atoms in total. The van der Waals surface area contributed by atoms with E-state index in [1.807, 2.05) is 27.7 Å². The lowest BCUT2D eigenvalue weighted by Crippen LogP contribution is -2.60. The number of unbranched alkanes of at least 4 members (excludes halogenated alkanes) is 1. The van der Waals surface area contributed by atoms with Gasteiger partial charge in [-0.1, -0.05) is 47.1 Å². The van der Waals surface area contributed by atoms with Gasteiger partial charge in [0.25, 0.3) is 17.7 Å². The molecule has 0 saturated heterocycles. The van der Waals surface area contributed by atoms with Crippen LogP contribution in [-0.2, 0) is 59.0 Å². The van der Waals surface area contributed by atoms with E-state index in [9.17, 15) is 63.0 Å². The van der Waals surface area contributed by atoms with Crippen molar-refractivity contribution < 1.29 is 72.4 Å². The number of aromatic hydroxyl groups is 1. The van der Waals surface area contributed by atoms with Gasteiger partial charge in [0.1, 0.15) is 34.1 Å². The number of carbonyl (C=O) groups excluding carboxylic acids is 10. The van der Waals surface area contributed by atoms with E-state index >= 15 is 0 Å². The summed E-state index contributed by atoms with van der Waals surface area (Å²) in [6.07, 6.45) is 2.66. The molecule has 1 aromatic carbocycles. The van der Waals surface area contributed by atoms with E-state index < -0.39 is 101 Å². The molecule has 1 aliphatic rings. The molecule has 0 radical (unpaired) electrons. The Bertz CT molecular complexity index is 2720. The quantitative estimate of drug-likeness (QED) is 0.0186. The van der Waals surface area contributed by atoms with Crippen LogP contribution in [0.5, 0.6) is 5.75 Å². The van der Waals surface area contributed by atoms with Crippen molar-refractivity contribution in [3.63, 3.8) is 0 Å². The Hall–Kier alpha value is -7.48. The Morgan fingerprint density at radius 3 is 2.05 bits per heavy atom. The molecule has 478 valence electrons. The van der Waals surface area contributed by atoms with Gasteiger partial charge < -0.3 is 56.5 Å². The standard InChI is InChI=1S/C60H92N10O15S/c1-15-36(4)51(67-57(82)60(10,11)68(12)13)55(79)69(14)44(35(2)3)33-46(84-38(6)71)54-66-43(34-86-54)53(78)63-40(30-37(5)56(80)81)31-39-23-24-45(72)42(32-39)65-47(73)21-18-28-61-52(77)41(20-16-17-27-62-58(83)85-59(7,8)9)64-48(74)22-19-29-70-49(75)25-26-50(70)76/h23-26,32,34-37,40-41,44,46,51,72H,15-22,27-31,33H2,1-14H3,(H,61,77)(H,62,83)(H,63,78)(H,64,74)(H,65,73)(H,67,82)(H,80,81)/t36-,37?,40+,41-,44+,46+,51-/m0/s1. The topological polar surface area (TPSA) is 341 Å². The Morgan fingerprint density at radius 1 is 0.814 bits per heavy atom. The molecule has 0 saturated carbocycles. The number of amides is 9. The number of phenolic OH excluding ortho intramolecular Hbond substituents is 1. The van der Waals surface area contributed by atoms with Gasteiger partial charge in [-0.15, -0.1) is 11.3 Å². The molecule has 9 amide bonds. The minimum Gasteiger partial charge on any atom is -0.506 e. The van der Waals surface area contributed by atoms with E-state index in [2.05, 4.69) is 36.9 Å². The van der Waals surface area contributed by atoms with Gasteiger partial charge in [-0.2, -0.15) is 0 Å². The molecule has 2 aromatic rings. The van der Waals surface area contributed by atoms with Crippen LogP contribution in [0.4, 0.5) is 10.5 Å². The molecule has 1 aliphatic heterocycles. The minimum absolute atomic E-state index is 0.0208. The maximum atomic E-state index is 14.3. The number of aliphatic carboxylic acids is 1. The smallest absolute Gasteiger partial charge is 0.407 e. The second-order valence-electron chi connectivity index (χ2n) is 23.9. The van der Waals surface area contributed by atoms with Crippen LogP contribution in [0.15, 0.2) is 35.7 Å². The van der Waals surface area contributed by atoms with Gasteiger partial charge >= 0.3 is 18.0 Å². The van der Waals surface area contributed by atoms with E-state index in [1.54, 1.807) is 71.6 Å². The third kappa shape index (κ3) is 23.8. The molecule has 7 atom stereocenters. The summed E-state index contributed by atoms with van der Waals surface area (Å²) in [5.74, 6) is -7.06. The van der Waals surface area contributed by atoms with Crippen LogP contribution >= 0.6 is 11.3 Å². The maximum absolute atomic E-state index is 14.3. The number of carbonyl (C=O) groups is 11. The highest BCUT2D eigenvalue weighted by atomic mass is 32.1. The molecular weight excluding hydrogens is 1130 g/mol. The van der Waals surface area contributed by atoms with Gasteiger partial charge in [-0.05, 0) is 123 Å². The van der Waals surface area contributed by atoms with Crippen LogP contribution in [0, 0.1) is 17.8 Å². The Kier molecular flexibility index (Phi) is 28.8. The molecule has 26 heteroatoms. The molecule has 0 fully saturated rings. The van der Waals surface area contributed by atoms with E-state index in [0.717, 1.165) is 28.4 Å². The monoisotopic (exact) mass is 1220 g/mol. The third-order valence-corrected chi connectivity index (χ3v) is 15.8.